The van der Waals surface area contributed by atoms with Crippen molar-refractivity contribution in [2.24, 2.45) is 0 Å². The zero-order chi connectivity index (χ0) is 24.6. The number of aromatic nitrogens is 1. The van der Waals surface area contributed by atoms with E-state index in [0.29, 0.717) is 42.5 Å². The van der Waals surface area contributed by atoms with Crippen LogP contribution in [0.25, 0.3) is 10.9 Å². The summed E-state index contributed by atoms with van der Waals surface area (Å²) >= 11 is 6.04. The number of hydrogen-bond acceptors (Lipinski definition) is 4. The fraction of sp³-hybridized carbons (Fsp3) is 0.407. The van der Waals surface area contributed by atoms with Gasteiger partial charge in [0.25, 0.3) is 5.91 Å². The van der Waals surface area contributed by atoms with Crippen LogP contribution in [0.15, 0.2) is 48.5 Å². The molecular formula is C27H30ClN3O4. The lowest BCUT2D eigenvalue weighted by Crippen LogP contribution is -2.64. The van der Waals surface area contributed by atoms with Crippen LogP contribution in [0.4, 0.5) is 0 Å². The van der Waals surface area contributed by atoms with Crippen LogP contribution in [0.5, 0.6) is 5.75 Å². The van der Waals surface area contributed by atoms with E-state index in [1.54, 1.807) is 12.0 Å². The molecule has 0 unspecified atom stereocenters. The molecule has 7 nitrogen and oxygen atoms in total. The van der Waals surface area contributed by atoms with E-state index in [1.165, 1.54) is 0 Å². The van der Waals surface area contributed by atoms with Crippen LogP contribution in [-0.2, 0) is 22.5 Å². The number of carbonyl (C=O) groups is 2. The molecule has 1 N–H and O–H groups in total. The Balaban J connectivity index is 1.48. The van der Waals surface area contributed by atoms with Crippen molar-refractivity contribution in [2.75, 3.05) is 26.8 Å². The summed E-state index contributed by atoms with van der Waals surface area (Å²) in [4.78, 5) is 29.2. The summed E-state index contributed by atoms with van der Waals surface area (Å²) in [5.74, 6) is 0.378. The molecule has 1 saturated heterocycles. The summed E-state index contributed by atoms with van der Waals surface area (Å²) in [6.07, 6.45) is 2.58. The number of fused-ring (bicyclic) bond motifs is 3. The molecule has 0 saturated carbocycles. The van der Waals surface area contributed by atoms with Crippen molar-refractivity contribution >= 4 is 34.3 Å². The molecule has 8 heteroatoms. The lowest BCUT2D eigenvalue weighted by atomic mass is 9.93. The van der Waals surface area contributed by atoms with E-state index in [4.69, 9.17) is 21.1 Å². The standard InChI is InChI=1S/C27H30ClN3O4/c1-27(26(33)29-16-22-4-3-13-35-22)17-30-23-15-21(34-2)10-7-19(23)14-24(30)25(32)31(27)12-11-18-5-8-20(28)9-6-18/h5-10,14-15,22H,3-4,11-13,16-17H2,1-2H3,(H,29,33)/t22-,27-/m0/s1. The van der Waals surface area contributed by atoms with Crippen molar-refractivity contribution in [2.45, 2.75) is 44.4 Å². The fourth-order valence-electron chi connectivity index (χ4n) is 5.10. The molecule has 1 fully saturated rings. The molecule has 3 aromatic rings. The number of carbonyl (C=O) groups excluding carboxylic acids is 2. The van der Waals surface area contributed by atoms with E-state index in [9.17, 15) is 9.59 Å². The number of ether oxygens (including phenoxy) is 2. The van der Waals surface area contributed by atoms with Gasteiger partial charge in [-0.3, -0.25) is 9.59 Å². The maximum atomic E-state index is 13.8. The lowest BCUT2D eigenvalue weighted by molar-refractivity contribution is -0.133. The zero-order valence-electron chi connectivity index (χ0n) is 20.1. The van der Waals surface area contributed by atoms with Gasteiger partial charge in [0, 0.05) is 36.2 Å². The third-order valence-electron chi connectivity index (χ3n) is 7.18. The molecule has 0 radical (unpaired) electrons. The highest BCUT2D eigenvalue weighted by Gasteiger charge is 2.47. The van der Waals surface area contributed by atoms with Crippen LogP contribution in [0.3, 0.4) is 0 Å². The SMILES string of the molecule is COc1ccc2cc3n(c2c1)C[C@@](C)(C(=O)NC[C@@H]1CCCO1)N(CCc1ccc(Cl)cc1)C3=O. The molecule has 35 heavy (non-hydrogen) atoms. The van der Waals surface area contributed by atoms with Crippen molar-refractivity contribution in [3.8, 4) is 5.75 Å². The molecule has 2 atom stereocenters. The first kappa shape index (κ1) is 23.7. The molecule has 2 aromatic carbocycles. The minimum atomic E-state index is -1.07. The van der Waals surface area contributed by atoms with Crippen molar-refractivity contribution < 1.29 is 19.1 Å². The van der Waals surface area contributed by atoms with Crippen molar-refractivity contribution in [3.63, 3.8) is 0 Å². The first-order chi connectivity index (χ1) is 16.9. The Bertz CT molecular complexity index is 1250. The summed E-state index contributed by atoms with van der Waals surface area (Å²) in [6, 6.07) is 15.2. The van der Waals surface area contributed by atoms with Gasteiger partial charge >= 0.3 is 0 Å². The third-order valence-corrected chi connectivity index (χ3v) is 7.43. The van der Waals surface area contributed by atoms with E-state index < -0.39 is 5.54 Å². The first-order valence-corrected chi connectivity index (χ1v) is 12.4. The van der Waals surface area contributed by atoms with Crippen LogP contribution < -0.4 is 10.1 Å². The highest BCUT2D eigenvalue weighted by molar-refractivity contribution is 6.30. The second-order valence-electron chi connectivity index (χ2n) is 9.49. The summed E-state index contributed by atoms with van der Waals surface area (Å²) in [5.41, 5.74) is 1.45. The number of rotatable bonds is 7. The smallest absolute Gasteiger partial charge is 0.271 e. The summed E-state index contributed by atoms with van der Waals surface area (Å²) in [6.45, 7) is 3.79. The van der Waals surface area contributed by atoms with Crippen LogP contribution in [0.2, 0.25) is 5.02 Å². The van der Waals surface area contributed by atoms with E-state index in [2.05, 4.69) is 5.32 Å². The Morgan fingerprint density at radius 1 is 1.23 bits per heavy atom. The van der Waals surface area contributed by atoms with Gasteiger partial charge in [0.2, 0.25) is 5.91 Å². The molecule has 2 aliphatic rings. The highest BCUT2D eigenvalue weighted by Crippen LogP contribution is 2.34. The number of halogens is 1. The van der Waals surface area contributed by atoms with Gasteiger partial charge in [-0.2, -0.15) is 0 Å². The summed E-state index contributed by atoms with van der Waals surface area (Å²) in [7, 11) is 1.62. The molecule has 0 bridgehead atoms. The molecule has 1 aromatic heterocycles. The third kappa shape index (κ3) is 4.50. The van der Waals surface area contributed by atoms with Crippen molar-refractivity contribution in [3.05, 3.63) is 64.8 Å². The maximum Gasteiger partial charge on any atom is 0.271 e. The molecule has 3 heterocycles. The predicted octanol–water partition coefficient (Wildman–Crippen LogP) is 4.06. The largest absolute Gasteiger partial charge is 0.497 e. The van der Waals surface area contributed by atoms with Crippen LogP contribution in [-0.4, -0.2) is 59.7 Å². The monoisotopic (exact) mass is 495 g/mol. The average molecular weight is 496 g/mol. The van der Waals surface area contributed by atoms with E-state index in [0.717, 1.165) is 35.9 Å². The molecule has 5 rings (SSSR count). The molecule has 184 valence electrons. The number of benzene rings is 2. The predicted molar refractivity (Wildman–Crippen MR) is 135 cm³/mol. The second kappa shape index (κ2) is 9.55. The number of methoxy groups -OCH3 is 1. The van der Waals surface area contributed by atoms with E-state index >= 15 is 0 Å². The van der Waals surface area contributed by atoms with Crippen LogP contribution in [0.1, 0.15) is 35.8 Å². The van der Waals surface area contributed by atoms with Crippen LogP contribution in [0, 0.1) is 0 Å². The zero-order valence-corrected chi connectivity index (χ0v) is 20.8. The number of hydrogen-bond donors (Lipinski definition) is 1. The Labute approximate surface area is 209 Å². The molecule has 0 spiro atoms. The van der Waals surface area contributed by atoms with Gasteiger partial charge in [0.15, 0.2) is 0 Å². The van der Waals surface area contributed by atoms with Crippen molar-refractivity contribution in [1.29, 1.82) is 0 Å². The molecular weight excluding hydrogens is 466 g/mol. The highest BCUT2D eigenvalue weighted by atomic mass is 35.5. The minimum Gasteiger partial charge on any atom is -0.497 e. The Morgan fingerprint density at radius 3 is 2.74 bits per heavy atom. The second-order valence-corrected chi connectivity index (χ2v) is 9.93. The number of amides is 2. The average Bonchev–Trinajstić information content (AvgIpc) is 3.51. The van der Waals surface area contributed by atoms with Crippen molar-refractivity contribution in [1.82, 2.24) is 14.8 Å². The topological polar surface area (TPSA) is 72.8 Å². The molecule has 2 aliphatic heterocycles. The van der Waals surface area contributed by atoms with Gasteiger partial charge in [-0.25, -0.2) is 0 Å². The quantitative estimate of drug-likeness (QED) is 0.536. The fourth-order valence-corrected chi connectivity index (χ4v) is 5.23. The number of nitrogens with one attached hydrogen (secondary N) is 1. The summed E-state index contributed by atoms with van der Waals surface area (Å²) < 4.78 is 13.0. The minimum absolute atomic E-state index is 0.0246. The van der Waals surface area contributed by atoms with Gasteiger partial charge in [-0.05, 0) is 62.1 Å². The van der Waals surface area contributed by atoms with Gasteiger partial charge in [0.1, 0.15) is 17.0 Å². The van der Waals surface area contributed by atoms with Crippen LogP contribution >= 0.6 is 11.6 Å². The molecule has 0 aliphatic carbocycles. The first-order valence-electron chi connectivity index (χ1n) is 12.0. The number of nitrogens with zero attached hydrogens (tertiary/aromatic N) is 2. The molecule has 2 amide bonds. The van der Waals surface area contributed by atoms with Gasteiger partial charge in [-0.15, -0.1) is 0 Å². The lowest BCUT2D eigenvalue weighted by Gasteiger charge is -2.44. The van der Waals surface area contributed by atoms with E-state index in [1.807, 2.05) is 60.0 Å². The van der Waals surface area contributed by atoms with Gasteiger partial charge in [0.05, 0.1) is 25.3 Å². The Morgan fingerprint density at radius 2 is 2.03 bits per heavy atom. The normalized spacial score (nSPS) is 21.9. The summed E-state index contributed by atoms with van der Waals surface area (Å²) in [5, 5.41) is 4.68. The Kier molecular flexibility index (Phi) is 6.47. The van der Waals surface area contributed by atoms with Gasteiger partial charge < -0.3 is 24.3 Å². The Hall–Kier alpha value is -3.03. The van der Waals surface area contributed by atoms with Gasteiger partial charge in [-0.1, -0.05) is 23.7 Å². The van der Waals surface area contributed by atoms with E-state index in [-0.39, 0.29) is 17.9 Å². The maximum absolute atomic E-state index is 13.8.